The van der Waals surface area contributed by atoms with E-state index in [0.29, 0.717) is 19.3 Å². The minimum atomic E-state index is 0.546. The van der Waals surface area contributed by atoms with Crippen molar-refractivity contribution in [2.45, 2.75) is 38.8 Å². The molecule has 0 saturated carbocycles. The van der Waals surface area contributed by atoms with Gasteiger partial charge in [0.05, 0.1) is 19.8 Å². The highest BCUT2D eigenvalue weighted by atomic mass is 16.5. The summed E-state index contributed by atoms with van der Waals surface area (Å²) in [7, 11) is 1.70. The van der Waals surface area contributed by atoms with Crippen LogP contribution in [0.2, 0.25) is 0 Å². The summed E-state index contributed by atoms with van der Waals surface area (Å²) >= 11 is 0. The number of aromatic nitrogens is 1. The molecule has 4 heteroatoms. The van der Waals surface area contributed by atoms with E-state index in [0.717, 1.165) is 19.7 Å². The fourth-order valence-electron chi connectivity index (χ4n) is 2.75. The Bertz CT molecular complexity index is 376. The Hall–Kier alpha value is -0.840. The van der Waals surface area contributed by atoms with Gasteiger partial charge in [0.25, 0.3) is 0 Å². The van der Waals surface area contributed by atoms with E-state index in [4.69, 9.17) is 9.47 Å². The lowest BCUT2D eigenvalue weighted by atomic mass is 9.91. The third kappa shape index (κ3) is 4.06. The number of hydrogen-bond donors (Lipinski definition) is 1. The fourth-order valence-corrected chi connectivity index (χ4v) is 2.75. The predicted octanol–water partition coefficient (Wildman–Crippen LogP) is 2.14. The van der Waals surface area contributed by atoms with Crippen LogP contribution in [0.3, 0.4) is 0 Å². The van der Waals surface area contributed by atoms with Gasteiger partial charge >= 0.3 is 0 Å². The lowest BCUT2D eigenvalue weighted by Crippen LogP contribution is -2.23. The molecular weight excluding hydrogens is 240 g/mol. The van der Waals surface area contributed by atoms with Crippen molar-refractivity contribution in [1.29, 1.82) is 0 Å². The van der Waals surface area contributed by atoms with E-state index < -0.39 is 0 Å². The zero-order chi connectivity index (χ0) is 13.5. The second-order valence-corrected chi connectivity index (χ2v) is 5.08. The quantitative estimate of drug-likeness (QED) is 0.732. The number of fused-ring (bicyclic) bond motifs is 1. The van der Waals surface area contributed by atoms with E-state index >= 15 is 0 Å². The van der Waals surface area contributed by atoms with Crippen molar-refractivity contribution in [3.63, 3.8) is 0 Å². The Morgan fingerprint density at radius 2 is 2.21 bits per heavy atom. The highest BCUT2D eigenvalue weighted by Crippen LogP contribution is 2.30. The topological polar surface area (TPSA) is 35.4 Å². The van der Waals surface area contributed by atoms with E-state index in [1.807, 2.05) is 0 Å². The van der Waals surface area contributed by atoms with Gasteiger partial charge < -0.3 is 19.4 Å². The zero-order valence-electron chi connectivity index (χ0n) is 12.2. The third-order valence-corrected chi connectivity index (χ3v) is 3.69. The minimum Gasteiger partial charge on any atom is -0.382 e. The first-order valence-electron chi connectivity index (χ1n) is 7.33. The average Bonchev–Trinajstić information content (AvgIpc) is 2.83. The first-order valence-corrected chi connectivity index (χ1v) is 7.33. The van der Waals surface area contributed by atoms with Gasteiger partial charge in [0.1, 0.15) is 0 Å². The van der Waals surface area contributed by atoms with Crippen molar-refractivity contribution in [3.8, 4) is 0 Å². The molecule has 0 bridgehead atoms. The van der Waals surface area contributed by atoms with Crippen molar-refractivity contribution in [2.24, 2.45) is 0 Å². The number of hydrogen-bond acceptors (Lipinski definition) is 3. The molecule has 1 N–H and O–H groups in total. The van der Waals surface area contributed by atoms with E-state index in [2.05, 4.69) is 29.2 Å². The maximum atomic E-state index is 5.52. The summed E-state index contributed by atoms with van der Waals surface area (Å²) in [6.07, 6.45) is 8.35. The van der Waals surface area contributed by atoms with E-state index in [1.54, 1.807) is 7.11 Å². The Morgan fingerprint density at radius 1 is 1.32 bits per heavy atom. The van der Waals surface area contributed by atoms with Crippen LogP contribution in [0.4, 0.5) is 0 Å². The molecule has 2 rings (SSSR count). The molecule has 0 aliphatic heterocycles. The summed E-state index contributed by atoms with van der Waals surface area (Å²) in [5.74, 6) is 0. The largest absolute Gasteiger partial charge is 0.382 e. The molecule has 1 heterocycles. The van der Waals surface area contributed by atoms with Gasteiger partial charge in [-0.1, -0.05) is 6.92 Å². The summed E-state index contributed by atoms with van der Waals surface area (Å²) in [6.45, 7) is 6.24. The second-order valence-electron chi connectivity index (χ2n) is 5.08. The van der Waals surface area contributed by atoms with Crippen molar-refractivity contribution >= 4 is 0 Å². The van der Waals surface area contributed by atoms with Crippen molar-refractivity contribution in [2.75, 3.05) is 33.5 Å². The highest BCUT2D eigenvalue weighted by Gasteiger charge is 2.20. The Labute approximate surface area is 116 Å². The van der Waals surface area contributed by atoms with Crippen LogP contribution in [-0.4, -0.2) is 38.0 Å². The number of nitrogens with zero attached hydrogens (tertiary/aromatic N) is 1. The smallest absolute Gasteiger partial charge is 0.0701 e. The molecule has 0 radical (unpaired) electrons. The number of methoxy groups -OCH3 is 1. The Morgan fingerprint density at radius 3 is 3.00 bits per heavy atom. The molecule has 1 aliphatic carbocycles. The van der Waals surface area contributed by atoms with Crippen LogP contribution in [0.1, 0.15) is 36.9 Å². The molecule has 0 amide bonds. The van der Waals surface area contributed by atoms with Gasteiger partial charge in [-0.15, -0.1) is 0 Å². The Kier molecular flexibility index (Phi) is 5.89. The van der Waals surface area contributed by atoms with E-state index in [-0.39, 0.29) is 0 Å². The summed E-state index contributed by atoms with van der Waals surface area (Å²) in [4.78, 5) is 0. The van der Waals surface area contributed by atoms with Crippen molar-refractivity contribution in [3.05, 3.63) is 23.5 Å². The standard InChI is InChI=1S/C15H26N2O2/c1-3-16-15-6-4-5-13-11-17(12-14(13)15)7-8-19-10-9-18-2/h11-12,15-16H,3-10H2,1-2H3. The number of ether oxygens (including phenoxy) is 2. The van der Waals surface area contributed by atoms with Crippen LogP contribution in [-0.2, 0) is 22.4 Å². The normalized spacial score (nSPS) is 18.5. The van der Waals surface area contributed by atoms with Gasteiger partial charge in [0.2, 0.25) is 0 Å². The molecule has 0 spiro atoms. The predicted molar refractivity (Wildman–Crippen MR) is 76.5 cm³/mol. The summed E-state index contributed by atoms with van der Waals surface area (Å²) in [6, 6.07) is 0.546. The van der Waals surface area contributed by atoms with E-state index in [1.165, 1.54) is 30.4 Å². The van der Waals surface area contributed by atoms with Crippen LogP contribution in [0.5, 0.6) is 0 Å². The lowest BCUT2D eigenvalue weighted by Gasteiger charge is -2.22. The van der Waals surface area contributed by atoms with E-state index in [9.17, 15) is 0 Å². The fraction of sp³-hybridized carbons (Fsp3) is 0.733. The van der Waals surface area contributed by atoms with Crippen LogP contribution >= 0.6 is 0 Å². The first kappa shape index (κ1) is 14.6. The molecule has 0 fully saturated rings. The number of aryl methyl sites for hydroxylation is 1. The maximum absolute atomic E-state index is 5.52. The maximum Gasteiger partial charge on any atom is 0.0701 e. The molecule has 19 heavy (non-hydrogen) atoms. The molecule has 0 aromatic carbocycles. The molecule has 4 nitrogen and oxygen atoms in total. The molecule has 0 saturated heterocycles. The summed E-state index contributed by atoms with van der Waals surface area (Å²) in [5.41, 5.74) is 3.00. The number of nitrogens with one attached hydrogen (secondary N) is 1. The van der Waals surface area contributed by atoms with Gasteiger partial charge in [-0.25, -0.2) is 0 Å². The average molecular weight is 266 g/mol. The van der Waals surface area contributed by atoms with Crippen LogP contribution in [0.15, 0.2) is 12.4 Å². The second kappa shape index (κ2) is 7.68. The van der Waals surface area contributed by atoms with Gasteiger partial charge in [-0.2, -0.15) is 0 Å². The van der Waals surface area contributed by atoms with Crippen LogP contribution in [0, 0.1) is 0 Å². The van der Waals surface area contributed by atoms with Gasteiger partial charge in [-0.05, 0) is 36.9 Å². The third-order valence-electron chi connectivity index (χ3n) is 3.69. The first-order chi connectivity index (χ1) is 9.35. The van der Waals surface area contributed by atoms with Crippen molar-refractivity contribution < 1.29 is 9.47 Å². The summed E-state index contributed by atoms with van der Waals surface area (Å²) < 4.78 is 12.8. The van der Waals surface area contributed by atoms with Crippen molar-refractivity contribution in [1.82, 2.24) is 9.88 Å². The summed E-state index contributed by atoms with van der Waals surface area (Å²) in [5, 5.41) is 3.58. The Balaban J connectivity index is 1.86. The van der Waals surface area contributed by atoms with Crippen LogP contribution < -0.4 is 5.32 Å². The van der Waals surface area contributed by atoms with Gasteiger partial charge in [0.15, 0.2) is 0 Å². The van der Waals surface area contributed by atoms with Gasteiger partial charge in [0, 0.05) is 32.1 Å². The zero-order valence-corrected chi connectivity index (χ0v) is 12.2. The molecule has 1 aromatic rings. The molecule has 108 valence electrons. The molecule has 1 unspecified atom stereocenters. The minimum absolute atomic E-state index is 0.546. The van der Waals surface area contributed by atoms with Gasteiger partial charge in [-0.3, -0.25) is 0 Å². The highest BCUT2D eigenvalue weighted by molar-refractivity contribution is 5.30. The monoisotopic (exact) mass is 266 g/mol. The SMILES string of the molecule is CCNC1CCCc2cn(CCOCCOC)cc21. The lowest BCUT2D eigenvalue weighted by molar-refractivity contribution is 0.0666. The number of rotatable bonds is 8. The molecule has 1 aromatic heterocycles. The molecule has 1 atom stereocenters. The molecular formula is C15H26N2O2. The van der Waals surface area contributed by atoms with Crippen LogP contribution in [0.25, 0.3) is 0 Å². The molecule has 1 aliphatic rings.